The maximum atomic E-state index is 10.3. The molecule has 2 aromatic heterocycles. The highest BCUT2D eigenvalue weighted by Crippen LogP contribution is 2.27. The van der Waals surface area contributed by atoms with Gasteiger partial charge in [0.25, 0.3) is 0 Å². The number of thiophene rings is 1. The summed E-state index contributed by atoms with van der Waals surface area (Å²) in [7, 11) is 1.65. The molecule has 0 bridgehead atoms. The van der Waals surface area contributed by atoms with Crippen molar-refractivity contribution in [2.45, 2.75) is 19.6 Å². The second-order valence-electron chi connectivity index (χ2n) is 3.82. The summed E-state index contributed by atoms with van der Waals surface area (Å²) in [6.45, 7) is 3.27. The van der Waals surface area contributed by atoms with Crippen molar-refractivity contribution in [1.29, 1.82) is 0 Å². The van der Waals surface area contributed by atoms with Crippen molar-refractivity contribution in [3.05, 3.63) is 39.8 Å². The van der Waals surface area contributed by atoms with Crippen molar-refractivity contribution >= 4 is 11.3 Å². The van der Waals surface area contributed by atoms with Crippen molar-refractivity contribution in [1.82, 2.24) is 9.78 Å². The summed E-state index contributed by atoms with van der Waals surface area (Å²) in [5, 5.41) is 14.5. The summed E-state index contributed by atoms with van der Waals surface area (Å²) in [5.74, 6) is 0. The second kappa shape index (κ2) is 5.44. The Balaban J connectivity index is 2.18. The summed E-state index contributed by atoms with van der Waals surface area (Å²) in [6, 6.07) is 5.81. The molecule has 1 unspecified atom stereocenters. The Morgan fingerprint density at radius 2 is 2.29 bits per heavy atom. The molecule has 2 aromatic rings. The van der Waals surface area contributed by atoms with Crippen LogP contribution >= 0.6 is 11.3 Å². The van der Waals surface area contributed by atoms with Gasteiger partial charge in [-0.15, -0.1) is 11.3 Å². The lowest BCUT2D eigenvalue weighted by atomic mass is 10.2. The van der Waals surface area contributed by atoms with Crippen LogP contribution in [0.3, 0.4) is 0 Å². The van der Waals surface area contributed by atoms with Gasteiger partial charge in [0.1, 0.15) is 6.10 Å². The van der Waals surface area contributed by atoms with Crippen LogP contribution in [-0.4, -0.2) is 28.6 Å². The van der Waals surface area contributed by atoms with E-state index in [0.29, 0.717) is 13.2 Å². The number of methoxy groups -OCH3 is 1. The van der Waals surface area contributed by atoms with Crippen LogP contribution in [0.5, 0.6) is 0 Å². The number of hydrogen-bond acceptors (Lipinski definition) is 4. The minimum Gasteiger partial charge on any atom is -0.383 e. The average molecular weight is 252 g/mol. The van der Waals surface area contributed by atoms with E-state index in [2.05, 4.69) is 5.10 Å². The lowest BCUT2D eigenvalue weighted by Gasteiger charge is -2.11. The van der Waals surface area contributed by atoms with Crippen LogP contribution in [0.15, 0.2) is 24.4 Å². The van der Waals surface area contributed by atoms with Gasteiger partial charge in [0, 0.05) is 23.1 Å². The van der Waals surface area contributed by atoms with Crippen LogP contribution in [0.2, 0.25) is 0 Å². The van der Waals surface area contributed by atoms with Crippen molar-refractivity contribution in [2.24, 2.45) is 0 Å². The number of aromatic nitrogens is 2. The molecular weight excluding hydrogens is 236 g/mol. The van der Waals surface area contributed by atoms with E-state index in [1.165, 1.54) is 4.88 Å². The zero-order chi connectivity index (χ0) is 12.3. The minimum absolute atomic E-state index is 0.588. The normalized spacial score (nSPS) is 12.9. The van der Waals surface area contributed by atoms with Gasteiger partial charge in [-0.3, -0.25) is 4.68 Å². The summed E-state index contributed by atoms with van der Waals surface area (Å²) in [4.78, 5) is 2.14. The fourth-order valence-corrected chi connectivity index (χ4v) is 2.56. The third-order valence-electron chi connectivity index (χ3n) is 2.57. The first-order chi connectivity index (χ1) is 8.22. The molecule has 0 aliphatic heterocycles. The van der Waals surface area contributed by atoms with Gasteiger partial charge in [-0.2, -0.15) is 5.10 Å². The molecule has 1 N–H and O–H groups in total. The summed E-state index contributed by atoms with van der Waals surface area (Å²) < 4.78 is 6.80. The van der Waals surface area contributed by atoms with Gasteiger partial charge >= 0.3 is 0 Å². The summed E-state index contributed by atoms with van der Waals surface area (Å²) in [6.07, 6.45) is 1.10. The molecule has 0 saturated heterocycles. The van der Waals surface area contributed by atoms with Crippen LogP contribution in [-0.2, 0) is 11.3 Å². The van der Waals surface area contributed by atoms with Crippen molar-refractivity contribution in [3.8, 4) is 0 Å². The monoisotopic (exact) mass is 252 g/mol. The predicted molar refractivity (Wildman–Crippen MR) is 67.2 cm³/mol. The van der Waals surface area contributed by atoms with E-state index in [0.717, 1.165) is 10.6 Å². The largest absolute Gasteiger partial charge is 0.383 e. The number of aliphatic hydroxyl groups is 1. The van der Waals surface area contributed by atoms with Crippen LogP contribution in [0.4, 0.5) is 0 Å². The molecule has 0 spiro atoms. The SMILES string of the molecule is COCCn1nccc1C(O)c1ccc(C)s1. The molecule has 0 radical (unpaired) electrons. The van der Waals surface area contributed by atoms with Gasteiger partial charge in [0.05, 0.1) is 18.8 Å². The van der Waals surface area contributed by atoms with Crippen molar-refractivity contribution in [2.75, 3.05) is 13.7 Å². The quantitative estimate of drug-likeness (QED) is 0.885. The second-order valence-corrected chi connectivity index (χ2v) is 5.14. The van der Waals surface area contributed by atoms with Crippen LogP contribution in [0, 0.1) is 6.92 Å². The molecule has 5 heteroatoms. The molecule has 0 amide bonds. The number of ether oxygens (including phenoxy) is 1. The third kappa shape index (κ3) is 2.74. The minimum atomic E-state index is -0.604. The van der Waals surface area contributed by atoms with E-state index in [4.69, 9.17) is 4.74 Å². The number of aliphatic hydroxyl groups excluding tert-OH is 1. The van der Waals surface area contributed by atoms with E-state index < -0.39 is 6.10 Å². The van der Waals surface area contributed by atoms with Gasteiger partial charge in [-0.1, -0.05) is 0 Å². The van der Waals surface area contributed by atoms with Gasteiger partial charge in [0.2, 0.25) is 0 Å². The highest BCUT2D eigenvalue weighted by Gasteiger charge is 2.16. The zero-order valence-corrected chi connectivity index (χ0v) is 10.8. The van der Waals surface area contributed by atoms with Crippen LogP contribution < -0.4 is 0 Å². The molecule has 0 aromatic carbocycles. The Kier molecular flexibility index (Phi) is 3.93. The predicted octanol–water partition coefficient (Wildman–Crippen LogP) is 1.98. The first kappa shape index (κ1) is 12.3. The number of nitrogens with zero attached hydrogens (tertiary/aromatic N) is 2. The van der Waals surface area contributed by atoms with Crippen molar-refractivity contribution < 1.29 is 9.84 Å². The Labute approximate surface area is 104 Å². The van der Waals surface area contributed by atoms with Crippen LogP contribution in [0.25, 0.3) is 0 Å². The van der Waals surface area contributed by atoms with Gasteiger partial charge in [-0.05, 0) is 25.1 Å². The molecule has 17 heavy (non-hydrogen) atoms. The summed E-state index contributed by atoms with van der Waals surface area (Å²) >= 11 is 1.60. The van der Waals surface area contributed by atoms with E-state index in [-0.39, 0.29) is 0 Å². The molecule has 92 valence electrons. The lowest BCUT2D eigenvalue weighted by molar-refractivity contribution is 0.172. The van der Waals surface area contributed by atoms with E-state index in [1.807, 2.05) is 25.1 Å². The number of aryl methyl sites for hydroxylation is 1. The Bertz CT molecular complexity index is 478. The molecular formula is C12H16N2O2S. The molecule has 2 heterocycles. The molecule has 0 saturated carbocycles. The van der Waals surface area contributed by atoms with E-state index in [1.54, 1.807) is 29.3 Å². The molecule has 0 aliphatic rings. The smallest absolute Gasteiger partial charge is 0.130 e. The fourth-order valence-electron chi connectivity index (χ4n) is 1.69. The molecule has 0 fully saturated rings. The third-order valence-corrected chi connectivity index (χ3v) is 3.62. The first-order valence-corrected chi connectivity index (χ1v) is 6.29. The highest BCUT2D eigenvalue weighted by molar-refractivity contribution is 7.12. The first-order valence-electron chi connectivity index (χ1n) is 5.47. The Morgan fingerprint density at radius 3 is 2.94 bits per heavy atom. The van der Waals surface area contributed by atoms with Gasteiger partial charge in [0.15, 0.2) is 0 Å². The van der Waals surface area contributed by atoms with E-state index in [9.17, 15) is 5.11 Å². The van der Waals surface area contributed by atoms with Crippen molar-refractivity contribution in [3.63, 3.8) is 0 Å². The Hall–Kier alpha value is -1.17. The van der Waals surface area contributed by atoms with E-state index >= 15 is 0 Å². The Morgan fingerprint density at radius 1 is 1.47 bits per heavy atom. The topological polar surface area (TPSA) is 47.3 Å². The van der Waals surface area contributed by atoms with Gasteiger partial charge < -0.3 is 9.84 Å². The number of rotatable bonds is 5. The molecule has 2 rings (SSSR count). The fraction of sp³-hybridized carbons (Fsp3) is 0.417. The maximum absolute atomic E-state index is 10.3. The zero-order valence-electron chi connectivity index (χ0n) is 9.96. The van der Waals surface area contributed by atoms with Gasteiger partial charge in [-0.25, -0.2) is 0 Å². The maximum Gasteiger partial charge on any atom is 0.130 e. The lowest BCUT2D eigenvalue weighted by Crippen LogP contribution is -2.12. The molecule has 0 aliphatic carbocycles. The summed E-state index contributed by atoms with van der Waals surface area (Å²) in [5.41, 5.74) is 0.809. The molecule has 1 atom stereocenters. The standard InChI is InChI=1S/C12H16N2O2S/c1-9-3-4-11(17-9)12(15)10-5-6-13-14(10)7-8-16-2/h3-6,12,15H,7-8H2,1-2H3. The number of hydrogen-bond donors (Lipinski definition) is 1. The molecule has 4 nitrogen and oxygen atoms in total. The average Bonchev–Trinajstić information content (AvgIpc) is 2.94. The van der Waals surface area contributed by atoms with Crippen LogP contribution in [0.1, 0.15) is 21.6 Å². The highest BCUT2D eigenvalue weighted by atomic mass is 32.1.